The van der Waals surface area contributed by atoms with Crippen molar-refractivity contribution in [3.05, 3.63) is 0 Å². The maximum atomic E-state index is 12.3. The fourth-order valence-corrected chi connectivity index (χ4v) is 2.57. The number of carbonyl (C=O) groups excluding carboxylic acids is 1. The largest absolute Gasteiger partial charge is 0.296 e. The van der Waals surface area contributed by atoms with Gasteiger partial charge in [-0.05, 0) is 12.8 Å². The molecule has 1 atom stereocenters. The van der Waals surface area contributed by atoms with Crippen LogP contribution in [0.3, 0.4) is 0 Å². The molecular formula is C17H34O3. The van der Waals surface area contributed by atoms with Crippen molar-refractivity contribution < 1.29 is 14.6 Å². The van der Waals surface area contributed by atoms with E-state index in [4.69, 9.17) is 4.89 Å². The Morgan fingerprint density at radius 2 is 1.40 bits per heavy atom. The number of Topliss-reactive ketones (excluding diaryl/α,β-unsaturated/α-hetero) is 1. The van der Waals surface area contributed by atoms with E-state index in [1.807, 2.05) is 0 Å². The lowest BCUT2D eigenvalue weighted by molar-refractivity contribution is -0.268. The van der Waals surface area contributed by atoms with Crippen LogP contribution in [0.25, 0.3) is 0 Å². The highest BCUT2D eigenvalue weighted by Crippen LogP contribution is 2.32. The molecule has 0 heterocycles. The van der Waals surface area contributed by atoms with Gasteiger partial charge in [-0.2, -0.15) is 0 Å². The molecule has 0 N–H and O–H groups in total. The smallest absolute Gasteiger partial charge is 0.167 e. The lowest BCUT2D eigenvalue weighted by Gasteiger charge is -2.28. The van der Waals surface area contributed by atoms with Crippen LogP contribution >= 0.6 is 0 Å². The summed E-state index contributed by atoms with van der Waals surface area (Å²) in [6.45, 7) is 6.59. The first kappa shape index (κ1) is 19.6. The number of rotatable bonds is 14. The van der Waals surface area contributed by atoms with E-state index < -0.39 is 0 Å². The van der Waals surface area contributed by atoms with Crippen molar-refractivity contribution in [1.82, 2.24) is 0 Å². The van der Waals surface area contributed by atoms with Crippen LogP contribution in [0.2, 0.25) is 0 Å². The number of hydrogen-bond donors (Lipinski definition) is 0. The third-order valence-electron chi connectivity index (χ3n) is 4.15. The van der Waals surface area contributed by atoms with E-state index in [0.29, 0.717) is 0 Å². The van der Waals surface area contributed by atoms with Crippen molar-refractivity contribution in [2.24, 2.45) is 5.41 Å². The molecule has 0 aliphatic rings. The van der Waals surface area contributed by atoms with Crippen LogP contribution < -0.4 is 0 Å². The summed E-state index contributed by atoms with van der Waals surface area (Å²) in [7, 11) is 1.45. The van der Waals surface area contributed by atoms with Gasteiger partial charge < -0.3 is 0 Å². The second-order valence-electron chi connectivity index (χ2n) is 6.03. The Bertz CT molecular complexity index is 240. The summed E-state index contributed by atoms with van der Waals surface area (Å²) >= 11 is 0. The van der Waals surface area contributed by atoms with Gasteiger partial charge >= 0.3 is 0 Å². The normalized spacial score (nSPS) is 14.2. The summed E-state index contributed by atoms with van der Waals surface area (Å²) in [6.07, 6.45) is 11.7. The fourth-order valence-electron chi connectivity index (χ4n) is 2.57. The Kier molecular flexibility index (Phi) is 12.1. The molecule has 0 bridgehead atoms. The van der Waals surface area contributed by atoms with Crippen molar-refractivity contribution in [2.75, 3.05) is 13.7 Å². The molecule has 0 rings (SSSR count). The average molecular weight is 286 g/mol. The zero-order valence-electron chi connectivity index (χ0n) is 14.0. The monoisotopic (exact) mass is 286 g/mol. The molecule has 3 heteroatoms. The molecule has 0 aliphatic heterocycles. The molecular weight excluding hydrogens is 252 g/mol. The lowest BCUT2D eigenvalue weighted by Crippen LogP contribution is -2.31. The summed E-state index contributed by atoms with van der Waals surface area (Å²) in [5.41, 5.74) is -0.236. The van der Waals surface area contributed by atoms with Crippen LogP contribution in [0.4, 0.5) is 0 Å². The third kappa shape index (κ3) is 8.70. The first-order valence-corrected chi connectivity index (χ1v) is 8.29. The second-order valence-corrected chi connectivity index (χ2v) is 6.03. The Morgan fingerprint density at radius 3 is 1.95 bits per heavy atom. The van der Waals surface area contributed by atoms with Gasteiger partial charge in [0.15, 0.2) is 5.78 Å². The molecule has 0 saturated heterocycles. The fraction of sp³-hybridized carbons (Fsp3) is 0.941. The molecule has 0 fully saturated rings. The van der Waals surface area contributed by atoms with E-state index in [2.05, 4.69) is 25.7 Å². The predicted octanol–water partition coefficient (Wildman–Crippen LogP) is 5.08. The molecule has 20 heavy (non-hydrogen) atoms. The van der Waals surface area contributed by atoms with Gasteiger partial charge in [-0.1, -0.05) is 72.1 Å². The quantitative estimate of drug-likeness (QED) is 0.254. The van der Waals surface area contributed by atoms with Gasteiger partial charge in [-0.3, -0.25) is 4.79 Å². The second kappa shape index (κ2) is 12.3. The van der Waals surface area contributed by atoms with E-state index in [1.165, 1.54) is 45.6 Å². The van der Waals surface area contributed by atoms with Crippen molar-refractivity contribution in [2.45, 2.75) is 85.0 Å². The Balaban J connectivity index is 4.25. The molecule has 1 unspecified atom stereocenters. The van der Waals surface area contributed by atoms with Gasteiger partial charge in [0, 0.05) is 5.41 Å². The molecule has 0 amide bonds. The highest BCUT2D eigenvalue weighted by molar-refractivity contribution is 5.85. The van der Waals surface area contributed by atoms with Gasteiger partial charge in [0.25, 0.3) is 0 Å². The number of carbonyl (C=O) groups is 1. The highest BCUT2D eigenvalue weighted by Gasteiger charge is 2.31. The third-order valence-corrected chi connectivity index (χ3v) is 4.15. The standard InChI is InChI=1S/C17H34O3/c1-5-7-9-10-12-14-17(3,13-11-8-6-2)16(18)15-20-19-4/h5-15H2,1-4H3. The van der Waals surface area contributed by atoms with Crippen molar-refractivity contribution in [3.63, 3.8) is 0 Å². The van der Waals surface area contributed by atoms with Crippen molar-refractivity contribution >= 4 is 5.78 Å². The molecule has 0 saturated carbocycles. The predicted molar refractivity (Wildman–Crippen MR) is 83.6 cm³/mol. The highest BCUT2D eigenvalue weighted by atomic mass is 17.2. The minimum atomic E-state index is -0.236. The molecule has 0 radical (unpaired) electrons. The molecule has 0 aromatic carbocycles. The Hall–Kier alpha value is -0.410. The van der Waals surface area contributed by atoms with Crippen molar-refractivity contribution in [3.8, 4) is 0 Å². The SMILES string of the molecule is CCCCCCCC(C)(CCCCC)C(=O)COOC. The van der Waals surface area contributed by atoms with Gasteiger partial charge in [-0.15, -0.1) is 0 Å². The van der Waals surface area contributed by atoms with E-state index in [1.54, 1.807) is 0 Å². The number of hydrogen-bond acceptors (Lipinski definition) is 3. The lowest BCUT2D eigenvalue weighted by atomic mass is 9.76. The topological polar surface area (TPSA) is 35.5 Å². The average Bonchev–Trinajstić information content (AvgIpc) is 2.44. The van der Waals surface area contributed by atoms with Crippen molar-refractivity contribution in [1.29, 1.82) is 0 Å². The molecule has 0 spiro atoms. The van der Waals surface area contributed by atoms with Gasteiger partial charge in [0.1, 0.15) is 6.61 Å². The van der Waals surface area contributed by atoms with Gasteiger partial charge in [0.2, 0.25) is 0 Å². The summed E-state index contributed by atoms with van der Waals surface area (Å²) in [5.74, 6) is 0.186. The first-order chi connectivity index (χ1) is 9.60. The Labute approximate surface area is 125 Å². The molecule has 0 aliphatic carbocycles. The van der Waals surface area contributed by atoms with Crippen LogP contribution in [0.5, 0.6) is 0 Å². The zero-order chi connectivity index (χ0) is 15.3. The minimum Gasteiger partial charge on any atom is -0.296 e. The zero-order valence-corrected chi connectivity index (χ0v) is 14.0. The number of unbranched alkanes of at least 4 members (excludes halogenated alkanes) is 6. The van der Waals surface area contributed by atoms with E-state index in [-0.39, 0.29) is 17.8 Å². The molecule has 0 aromatic rings. The Morgan fingerprint density at radius 1 is 0.900 bits per heavy atom. The first-order valence-electron chi connectivity index (χ1n) is 8.29. The molecule has 0 aromatic heterocycles. The maximum absolute atomic E-state index is 12.3. The van der Waals surface area contributed by atoms with E-state index in [9.17, 15) is 4.79 Å². The van der Waals surface area contributed by atoms with Crippen LogP contribution in [-0.2, 0) is 14.6 Å². The van der Waals surface area contributed by atoms with Crippen LogP contribution in [0.1, 0.15) is 85.0 Å². The van der Waals surface area contributed by atoms with Gasteiger partial charge in [0.05, 0.1) is 7.11 Å². The van der Waals surface area contributed by atoms with E-state index in [0.717, 1.165) is 25.7 Å². The molecule has 120 valence electrons. The summed E-state index contributed by atoms with van der Waals surface area (Å²) in [4.78, 5) is 21.7. The maximum Gasteiger partial charge on any atom is 0.167 e. The summed E-state index contributed by atoms with van der Waals surface area (Å²) in [6, 6.07) is 0. The molecule has 3 nitrogen and oxygen atoms in total. The van der Waals surface area contributed by atoms with E-state index >= 15 is 0 Å². The summed E-state index contributed by atoms with van der Waals surface area (Å²) in [5, 5.41) is 0. The van der Waals surface area contributed by atoms with Crippen LogP contribution in [0, 0.1) is 5.41 Å². The minimum absolute atomic E-state index is 0.0775. The van der Waals surface area contributed by atoms with Crippen LogP contribution in [-0.4, -0.2) is 19.5 Å². The summed E-state index contributed by atoms with van der Waals surface area (Å²) < 4.78 is 0. The van der Waals surface area contributed by atoms with Crippen LogP contribution in [0.15, 0.2) is 0 Å². The number of ketones is 1. The van der Waals surface area contributed by atoms with Gasteiger partial charge in [-0.25, -0.2) is 9.78 Å².